The van der Waals surface area contributed by atoms with Crippen LogP contribution in [0.5, 0.6) is 0 Å². The predicted molar refractivity (Wildman–Crippen MR) is 84.1 cm³/mol. The number of hydrogen-bond donors (Lipinski definition) is 2. The van der Waals surface area contributed by atoms with Crippen LogP contribution in [0, 0.1) is 0 Å². The first-order chi connectivity index (χ1) is 9.44. The van der Waals surface area contributed by atoms with E-state index in [2.05, 4.69) is 4.72 Å². The monoisotopic (exact) mass is 316 g/mol. The van der Waals surface area contributed by atoms with Crippen LogP contribution in [0.2, 0.25) is 0 Å². The molecule has 0 saturated carbocycles. The van der Waals surface area contributed by atoms with Gasteiger partial charge in [-0.3, -0.25) is 0 Å². The minimum absolute atomic E-state index is 0.0467. The van der Waals surface area contributed by atoms with Crippen LogP contribution in [0.15, 0.2) is 24.3 Å². The van der Waals surface area contributed by atoms with Crippen LogP contribution >= 0.6 is 12.2 Å². The van der Waals surface area contributed by atoms with E-state index in [1.807, 2.05) is 0 Å². The summed E-state index contributed by atoms with van der Waals surface area (Å²) >= 11 is 4.84. The lowest BCUT2D eigenvalue weighted by Gasteiger charge is -2.07. The van der Waals surface area contributed by atoms with E-state index in [0.717, 1.165) is 18.4 Å². The predicted octanol–water partition coefficient (Wildman–Crippen LogP) is 1.17. The zero-order chi connectivity index (χ0) is 15.0. The maximum absolute atomic E-state index is 11.9. The summed E-state index contributed by atoms with van der Waals surface area (Å²) in [5.74, 6) is -0.0467. The molecular weight excluding hydrogens is 296 g/mol. The molecule has 0 radical (unpaired) electrons. The van der Waals surface area contributed by atoms with Crippen LogP contribution in [0.3, 0.4) is 0 Å². The summed E-state index contributed by atoms with van der Waals surface area (Å²) in [6.45, 7) is 1.07. The third-order valence-corrected chi connectivity index (χ3v) is 4.29. The number of methoxy groups -OCH3 is 1. The van der Waals surface area contributed by atoms with E-state index >= 15 is 0 Å². The Hall–Kier alpha value is -1.02. The smallest absolute Gasteiger partial charge is 0.215 e. The van der Waals surface area contributed by atoms with Gasteiger partial charge in [-0.1, -0.05) is 36.5 Å². The molecule has 0 spiro atoms. The number of hydrogen-bond acceptors (Lipinski definition) is 4. The number of nitrogens with two attached hydrogens (primary N) is 1. The molecule has 1 aromatic rings. The first kappa shape index (κ1) is 17.0. The van der Waals surface area contributed by atoms with Crippen molar-refractivity contribution in [3.05, 3.63) is 35.4 Å². The van der Waals surface area contributed by atoms with Gasteiger partial charge < -0.3 is 10.5 Å². The second-order valence-electron chi connectivity index (χ2n) is 4.41. The number of thiocarbonyl (C=S) groups is 1. The number of nitrogens with one attached hydrogen (secondary N) is 1. The summed E-state index contributed by atoms with van der Waals surface area (Å²) < 4.78 is 31.2. The van der Waals surface area contributed by atoms with E-state index in [-0.39, 0.29) is 5.75 Å². The van der Waals surface area contributed by atoms with Crippen molar-refractivity contribution in [2.24, 2.45) is 5.73 Å². The fraction of sp³-hybridized carbons (Fsp3) is 0.462. The molecule has 0 saturated heterocycles. The maximum Gasteiger partial charge on any atom is 0.215 e. The quantitative estimate of drug-likeness (QED) is 0.528. The molecule has 1 aromatic carbocycles. The van der Waals surface area contributed by atoms with E-state index in [4.69, 9.17) is 22.7 Å². The average molecular weight is 316 g/mol. The molecule has 0 aromatic heterocycles. The highest BCUT2D eigenvalue weighted by Crippen LogP contribution is 2.08. The largest absolute Gasteiger partial charge is 0.389 e. The number of rotatable bonds is 9. The molecule has 7 heteroatoms. The van der Waals surface area contributed by atoms with E-state index < -0.39 is 10.0 Å². The second kappa shape index (κ2) is 8.31. The molecule has 0 bridgehead atoms. The van der Waals surface area contributed by atoms with Gasteiger partial charge >= 0.3 is 0 Å². The molecule has 112 valence electrons. The van der Waals surface area contributed by atoms with Crippen molar-refractivity contribution in [3.8, 4) is 0 Å². The molecular formula is C13H20N2O3S2. The Balaban J connectivity index is 2.47. The van der Waals surface area contributed by atoms with Crippen molar-refractivity contribution in [1.82, 2.24) is 4.72 Å². The van der Waals surface area contributed by atoms with E-state index in [0.29, 0.717) is 23.7 Å². The highest BCUT2D eigenvalue weighted by Gasteiger charge is 2.10. The summed E-state index contributed by atoms with van der Waals surface area (Å²) in [4.78, 5) is 0.302. The fourth-order valence-electron chi connectivity index (χ4n) is 1.63. The Labute approximate surface area is 125 Å². The zero-order valence-electron chi connectivity index (χ0n) is 11.5. The molecule has 0 aliphatic rings. The summed E-state index contributed by atoms with van der Waals surface area (Å²) in [5.41, 5.74) is 6.92. The van der Waals surface area contributed by atoms with Gasteiger partial charge in [-0.25, -0.2) is 13.1 Å². The second-order valence-corrected chi connectivity index (χ2v) is 6.66. The van der Waals surface area contributed by atoms with Crippen molar-refractivity contribution in [1.29, 1.82) is 0 Å². The Morgan fingerprint density at radius 1 is 1.30 bits per heavy atom. The van der Waals surface area contributed by atoms with Crippen molar-refractivity contribution < 1.29 is 13.2 Å². The van der Waals surface area contributed by atoms with Crippen LogP contribution < -0.4 is 10.5 Å². The zero-order valence-corrected chi connectivity index (χ0v) is 13.1. The molecule has 0 aliphatic heterocycles. The van der Waals surface area contributed by atoms with Crippen LogP contribution in [0.4, 0.5) is 0 Å². The molecule has 0 unspecified atom stereocenters. The van der Waals surface area contributed by atoms with Gasteiger partial charge in [-0.2, -0.15) is 0 Å². The molecule has 0 heterocycles. The topological polar surface area (TPSA) is 81.4 Å². The van der Waals surface area contributed by atoms with Gasteiger partial charge in [-0.05, 0) is 18.4 Å². The van der Waals surface area contributed by atoms with Gasteiger partial charge in [0.1, 0.15) is 4.99 Å². The minimum Gasteiger partial charge on any atom is -0.389 e. The van der Waals surface area contributed by atoms with E-state index in [9.17, 15) is 8.42 Å². The third kappa shape index (κ3) is 6.42. The standard InChI is InChI=1S/C13H20N2O3S2/c1-18-9-3-2-8-15-20(16,17)10-11-4-6-12(7-5-11)13(14)19/h4-7,15H,2-3,8-10H2,1H3,(H2,14,19). The van der Waals surface area contributed by atoms with Gasteiger partial charge in [0.15, 0.2) is 0 Å². The van der Waals surface area contributed by atoms with Gasteiger partial charge in [0.25, 0.3) is 0 Å². The highest BCUT2D eigenvalue weighted by molar-refractivity contribution is 7.88. The van der Waals surface area contributed by atoms with Gasteiger partial charge in [0.05, 0.1) is 5.75 Å². The number of ether oxygens (including phenoxy) is 1. The summed E-state index contributed by atoms with van der Waals surface area (Å²) in [6, 6.07) is 6.90. The summed E-state index contributed by atoms with van der Waals surface area (Å²) in [5, 5.41) is 0. The summed E-state index contributed by atoms with van der Waals surface area (Å²) in [7, 11) is -1.68. The van der Waals surface area contributed by atoms with Crippen LogP contribution in [-0.2, 0) is 20.5 Å². The van der Waals surface area contributed by atoms with Crippen LogP contribution in [0.1, 0.15) is 24.0 Å². The van der Waals surface area contributed by atoms with Crippen LogP contribution in [0.25, 0.3) is 0 Å². The number of sulfonamides is 1. The molecule has 0 fully saturated rings. The van der Waals surface area contributed by atoms with Crippen molar-refractivity contribution in [3.63, 3.8) is 0 Å². The third-order valence-electron chi connectivity index (χ3n) is 2.69. The number of benzene rings is 1. The molecule has 3 N–H and O–H groups in total. The van der Waals surface area contributed by atoms with Crippen LogP contribution in [-0.4, -0.2) is 33.7 Å². The average Bonchev–Trinajstić information content (AvgIpc) is 2.38. The van der Waals surface area contributed by atoms with Gasteiger partial charge in [0, 0.05) is 25.8 Å². The first-order valence-corrected chi connectivity index (χ1v) is 8.35. The van der Waals surface area contributed by atoms with E-state index in [1.54, 1.807) is 31.4 Å². The molecule has 5 nitrogen and oxygen atoms in total. The molecule has 0 amide bonds. The maximum atomic E-state index is 11.9. The molecule has 0 atom stereocenters. The van der Waals surface area contributed by atoms with Crippen molar-refractivity contribution >= 4 is 27.2 Å². The lowest BCUT2D eigenvalue weighted by molar-refractivity contribution is 0.193. The Morgan fingerprint density at radius 2 is 1.95 bits per heavy atom. The normalized spacial score (nSPS) is 11.4. The fourth-order valence-corrected chi connectivity index (χ4v) is 2.96. The molecule has 1 rings (SSSR count). The minimum atomic E-state index is -3.31. The summed E-state index contributed by atoms with van der Waals surface area (Å²) in [6.07, 6.45) is 1.59. The van der Waals surface area contributed by atoms with E-state index in [1.165, 1.54) is 0 Å². The first-order valence-electron chi connectivity index (χ1n) is 6.29. The van der Waals surface area contributed by atoms with Gasteiger partial charge in [-0.15, -0.1) is 0 Å². The SMILES string of the molecule is COCCCCNS(=O)(=O)Cc1ccc(C(N)=S)cc1. The highest BCUT2D eigenvalue weighted by atomic mass is 32.2. The molecule has 20 heavy (non-hydrogen) atoms. The Morgan fingerprint density at radius 3 is 2.50 bits per heavy atom. The number of unbranched alkanes of at least 4 members (excludes halogenated alkanes) is 1. The lowest BCUT2D eigenvalue weighted by Crippen LogP contribution is -2.26. The van der Waals surface area contributed by atoms with Crippen molar-refractivity contribution in [2.45, 2.75) is 18.6 Å². The Bertz CT molecular complexity index is 527. The lowest BCUT2D eigenvalue weighted by atomic mass is 10.1. The van der Waals surface area contributed by atoms with Gasteiger partial charge in [0.2, 0.25) is 10.0 Å². The Kier molecular flexibility index (Phi) is 7.08. The van der Waals surface area contributed by atoms with Crippen molar-refractivity contribution in [2.75, 3.05) is 20.3 Å². The molecule has 0 aliphatic carbocycles.